The number of pyridine rings is 1. The molecule has 1 saturated carbocycles. The minimum absolute atomic E-state index is 0.0511. The van der Waals surface area contributed by atoms with E-state index in [4.69, 9.17) is 17.3 Å². The van der Waals surface area contributed by atoms with Crippen LogP contribution >= 0.6 is 11.6 Å². The van der Waals surface area contributed by atoms with Crippen LogP contribution in [0.4, 0.5) is 13.2 Å². The van der Waals surface area contributed by atoms with E-state index < -0.39 is 11.7 Å². The molecule has 0 aliphatic heterocycles. The van der Waals surface area contributed by atoms with E-state index in [9.17, 15) is 13.2 Å². The van der Waals surface area contributed by atoms with Gasteiger partial charge in [0.2, 0.25) is 0 Å². The first kappa shape index (κ1) is 13.6. The highest BCUT2D eigenvalue weighted by Crippen LogP contribution is 2.64. The van der Waals surface area contributed by atoms with Crippen molar-refractivity contribution in [1.82, 2.24) is 4.98 Å². The molecule has 0 saturated heterocycles. The first-order valence-electron chi connectivity index (χ1n) is 5.62. The molecule has 1 aliphatic rings. The Morgan fingerprint density at radius 1 is 1.44 bits per heavy atom. The molecule has 0 spiro atoms. The van der Waals surface area contributed by atoms with Crippen LogP contribution < -0.4 is 5.73 Å². The van der Waals surface area contributed by atoms with Crippen LogP contribution in [-0.2, 0) is 6.18 Å². The van der Waals surface area contributed by atoms with Gasteiger partial charge in [-0.2, -0.15) is 13.2 Å². The third-order valence-corrected chi connectivity index (χ3v) is 4.15. The van der Waals surface area contributed by atoms with Crippen molar-refractivity contribution in [3.05, 3.63) is 28.5 Å². The van der Waals surface area contributed by atoms with Gasteiger partial charge in [-0.15, -0.1) is 0 Å². The summed E-state index contributed by atoms with van der Waals surface area (Å²) in [6.45, 7) is 4.39. The maximum absolute atomic E-state index is 12.6. The highest BCUT2D eigenvalue weighted by Gasteiger charge is 2.58. The predicted molar refractivity (Wildman–Crippen MR) is 63.3 cm³/mol. The average Bonchev–Trinajstić information content (AvgIpc) is 2.79. The summed E-state index contributed by atoms with van der Waals surface area (Å²) in [5, 5.41) is 0.136. The molecule has 1 fully saturated rings. The highest BCUT2D eigenvalue weighted by atomic mass is 35.5. The Hall–Kier alpha value is -0.810. The van der Waals surface area contributed by atoms with Gasteiger partial charge in [0, 0.05) is 6.20 Å². The van der Waals surface area contributed by atoms with Crippen molar-refractivity contribution >= 4 is 11.6 Å². The Kier molecular flexibility index (Phi) is 3.10. The van der Waals surface area contributed by atoms with E-state index in [1.165, 1.54) is 0 Å². The molecule has 18 heavy (non-hydrogen) atoms. The van der Waals surface area contributed by atoms with Crippen molar-refractivity contribution in [3.63, 3.8) is 0 Å². The molecule has 1 aromatic heterocycles. The van der Waals surface area contributed by atoms with Crippen molar-refractivity contribution < 1.29 is 13.2 Å². The molecular formula is C12H14ClF3N2. The van der Waals surface area contributed by atoms with Crippen LogP contribution in [-0.4, -0.2) is 11.5 Å². The molecule has 2 nitrogen and oxygen atoms in total. The second kappa shape index (κ2) is 4.10. The Balaban J connectivity index is 2.41. The molecule has 1 aliphatic carbocycles. The van der Waals surface area contributed by atoms with Gasteiger partial charge in [0.05, 0.1) is 5.56 Å². The van der Waals surface area contributed by atoms with E-state index in [1.807, 2.05) is 13.8 Å². The van der Waals surface area contributed by atoms with Gasteiger partial charge in [-0.25, -0.2) is 4.98 Å². The van der Waals surface area contributed by atoms with Gasteiger partial charge < -0.3 is 5.73 Å². The van der Waals surface area contributed by atoms with E-state index >= 15 is 0 Å². The van der Waals surface area contributed by atoms with E-state index in [0.29, 0.717) is 12.1 Å². The summed E-state index contributed by atoms with van der Waals surface area (Å²) in [4.78, 5) is 3.65. The molecule has 2 atom stereocenters. The van der Waals surface area contributed by atoms with Crippen LogP contribution in [0.1, 0.15) is 30.9 Å². The number of hydrogen-bond donors (Lipinski definition) is 1. The lowest BCUT2D eigenvalue weighted by Gasteiger charge is -2.10. The van der Waals surface area contributed by atoms with Crippen molar-refractivity contribution in [3.8, 4) is 0 Å². The third kappa shape index (κ3) is 2.10. The third-order valence-electron chi connectivity index (χ3n) is 3.83. The van der Waals surface area contributed by atoms with Crippen molar-refractivity contribution in [1.29, 1.82) is 0 Å². The fourth-order valence-electron chi connectivity index (χ4n) is 2.64. The smallest absolute Gasteiger partial charge is 0.330 e. The number of rotatable bonds is 2. The molecule has 0 radical (unpaired) electrons. The summed E-state index contributed by atoms with van der Waals surface area (Å²) in [6, 6.07) is 1.09. The number of hydrogen-bond acceptors (Lipinski definition) is 2. The molecule has 0 unspecified atom stereocenters. The van der Waals surface area contributed by atoms with Crippen LogP contribution in [0.5, 0.6) is 0 Å². The summed E-state index contributed by atoms with van der Waals surface area (Å²) in [5.74, 6) is 0.102. The van der Waals surface area contributed by atoms with Crippen LogP contribution in [0.3, 0.4) is 0 Å². The molecule has 2 N–H and O–H groups in total. The van der Waals surface area contributed by atoms with Gasteiger partial charge in [0.25, 0.3) is 0 Å². The number of alkyl halides is 3. The van der Waals surface area contributed by atoms with E-state index in [2.05, 4.69) is 4.98 Å². The summed E-state index contributed by atoms with van der Waals surface area (Å²) in [7, 11) is 0. The van der Waals surface area contributed by atoms with Gasteiger partial charge in [-0.1, -0.05) is 25.4 Å². The number of halogens is 4. The predicted octanol–water partition coefficient (Wildman–Crippen LogP) is 3.45. The van der Waals surface area contributed by atoms with Crippen molar-refractivity contribution in [2.24, 2.45) is 17.1 Å². The fraction of sp³-hybridized carbons (Fsp3) is 0.583. The largest absolute Gasteiger partial charge is 0.417 e. The molecule has 1 heterocycles. The standard InChI is InChI=1S/C12H14ClF3N2/c1-11(2)8(4-17)9(11)7-3-6(12(14,15)16)5-18-10(7)13/h3,5,8-9H,4,17H2,1-2H3/t8-,9-/m0/s1. The van der Waals surface area contributed by atoms with E-state index in [-0.39, 0.29) is 22.4 Å². The van der Waals surface area contributed by atoms with Crippen molar-refractivity contribution in [2.75, 3.05) is 6.54 Å². The minimum Gasteiger partial charge on any atom is -0.330 e. The van der Waals surface area contributed by atoms with Gasteiger partial charge in [0.15, 0.2) is 0 Å². The number of nitrogens with two attached hydrogens (primary N) is 1. The van der Waals surface area contributed by atoms with E-state index in [1.54, 1.807) is 0 Å². The zero-order valence-corrected chi connectivity index (χ0v) is 10.8. The molecule has 0 amide bonds. The number of aromatic nitrogens is 1. The first-order chi connectivity index (χ1) is 8.19. The number of nitrogens with zero attached hydrogens (tertiary/aromatic N) is 1. The van der Waals surface area contributed by atoms with Gasteiger partial charge in [0.1, 0.15) is 5.15 Å². The second-order valence-corrected chi connectivity index (χ2v) is 5.60. The molecule has 6 heteroatoms. The SMILES string of the molecule is CC1(C)[C@@H](CN)[C@@H]1c1cc(C(F)(F)F)cnc1Cl. The minimum atomic E-state index is -4.40. The molecule has 100 valence electrons. The lowest BCUT2D eigenvalue weighted by Crippen LogP contribution is -2.07. The van der Waals surface area contributed by atoms with Gasteiger partial charge in [-0.3, -0.25) is 0 Å². The topological polar surface area (TPSA) is 38.9 Å². The first-order valence-corrected chi connectivity index (χ1v) is 6.00. The van der Waals surface area contributed by atoms with Gasteiger partial charge >= 0.3 is 6.18 Å². The van der Waals surface area contributed by atoms with Crippen LogP contribution in [0.25, 0.3) is 0 Å². The highest BCUT2D eigenvalue weighted by molar-refractivity contribution is 6.30. The summed E-state index contributed by atoms with van der Waals surface area (Å²) >= 11 is 5.91. The molecule has 0 aromatic carbocycles. The maximum atomic E-state index is 12.6. The second-order valence-electron chi connectivity index (χ2n) is 5.24. The Labute approximate surface area is 108 Å². The summed E-state index contributed by atoms with van der Waals surface area (Å²) in [5.41, 5.74) is 5.19. The van der Waals surface area contributed by atoms with Crippen LogP contribution in [0, 0.1) is 11.3 Å². The summed E-state index contributed by atoms with van der Waals surface area (Å²) in [6.07, 6.45) is -3.64. The summed E-state index contributed by atoms with van der Waals surface area (Å²) < 4.78 is 37.9. The average molecular weight is 279 g/mol. The Morgan fingerprint density at radius 2 is 2.06 bits per heavy atom. The lowest BCUT2D eigenvalue weighted by atomic mass is 10.0. The lowest BCUT2D eigenvalue weighted by molar-refractivity contribution is -0.137. The Morgan fingerprint density at radius 3 is 2.50 bits per heavy atom. The van der Waals surface area contributed by atoms with Crippen LogP contribution in [0.2, 0.25) is 5.15 Å². The van der Waals surface area contributed by atoms with Gasteiger partial charge in [-0.05, 0) is 35.4 Å². The molecular weight excluding hydrogens is 265 g/mol. The normalized spacial score (nSPS) is 26.2. The van der Waals surface area contributed by atoms with Crippen molar-refractivity contribution in [2.45, 2.75) is 25.9 Å². The zero-order valence-electron chi connectivity index (χ0n) is 10.1. The molecule has 1 aromatic rings. The van der Waals surface area contributed by atoms with E-state index in [0.717, 1.165) is 12.3 Å². The van der Waals surface area contributed by atoms with Crippen LogP contribution in [0.15, 0.2) is 12.3 Å². The zero-order chi connectivity index (χ0) is 13.7. The maximum Gasteiger partial charge on any atom is 0.417 e. The fourth-order valence-corrected chi connectivity index (χ4v) is 2.86. The quantitative estimate of drug-likeness (QED) is 0.842. The monoisotopic (exact) mass is 278 g/mol. The molecule has 2 rings (SSSR count). The molecule has 0 bridgehead atoms. The Bertz CT molecular complexity index is 471.